The Hall–Kier alpha value is -3.60. The number of aromatic hydroxyl groups is 1. The Morgan fingerprint density at radius 3 is 2.73 bits per heavy atom. The van der Waals surface area contributed by atoms with Crippen molar-refractivity contribution in [1.29, 1.82) is 5.26 Å². The zero-order valence-corrected chi connectivity index (χ0v) is 11.0. The van der Waals surface area contributed by atoms with E-state index in [9.17, 15) is 20.0 Å². The van der Waals surface area contributed by atoms with Crippen molar-refractivity contribution in [3.05, 3.63) is 51.8 Å². The van der Waals surface area contributed by atoms with Crippen LogP contribution in [-0.4, -0.2) is 15.9 Å². The first-order valence-corrected chi connectivity index (χ1v) is 5.91. The molecule has 8 heteroatoms. The predicted molar refractivity (Wildman–Crippen MR) is 75.2 cm³/mol. The highest BCUT2D eigenvalue weighted by atomic mass is 16.6. The van der Waals surface area contributed by atoms with Gasteiger partial charge in [-0.1, -0.05) is 0 Å². The number of phenolic OH excluding ortho intramolecular Hbond substituents is 1. The number of rotatable bonds is 4. The van der Waals surface area contributed by atoms with Crippen LogP contribution in [0.3, 0.4) is 0 Å². The second-order valence-corrected chi connectivity index (χ2v) is 4.19. The largest absolute Gasteiger partial charge is 0.507 e. The highest BCUT2D eigenvalue weighted by Gasteiger charge is 2.15. The van der Waals surface area contributed by atoms with Gasteiger partial charge in [-0.15, -0.1) is 0 Å². The topological polar surface area (TPSA) is 143 Å². The van der Waals surface area contributed by atoms with Gasteiger partial charge in [0, 0.05) is 18.2 Å². The molecule has 0 aliphatic carbocycles. The van der Waals surface area contributed by atoms with E-state index in [0.29, 0.717) is 0 Å². The number of carbonyl (C=O) groups excluding carboxylic acids is 1. The molecule has 8 nitrogen and oxygen atoms in total. The van der Waals surface area contributed by atoms with Crippen LogP contribution in [0.2, 0.25) is 0 Å². The maximum absolute atomic E-state index is 11.0. The number of hydrogen-bond acceptors (Lipinski definition) is 6. The van der Waals surface area contributed by atoms with E-state index in [1.807, 2.05) is 0 Å². The molecule has 0 aliphatic heterocycles. The van der Waals surface area contributed by atoms with Crippen LogP contribution in [-0.2, 0) is 4.79 Å². The number of non-ortho nitro benzene ring substituents is 1. The van der Waals surface area contributed by atoms with Gasteiger partial charge in [-0.2, -0.15) is 5.26 Å². The summed E-state index contributed by atoms with van der Waals surface area (Å²) in [4.78, 5) is 21.1. The molecule has 2 rings (SSSR count). The molecule has 0 aliphatic rings. The third-order valence-electron chi connectivity index (χ3n) is 2.76. The zero-order chi connectivity index (χ0) is 16.3. The van der Waals surface area contributed by atoms with Gasteiger partial charge in [0.25, 0.3) is 11.6 Å². The number of hydrogen-bond donors (Lipinski definition) is 2. The monoisotopic (exact) mass is 299 g/mol. The summed E-state index contributed by atoms with van der Waals surface area (Å²) in [6.07, 6.45) is 1.14. The quantitative estimate of drug-likeness (QED) is 0.382. The molecule has 0 saturated carbocycles. The molecule has 1 heterocycles. The Morgan fingerprint density at radius 1 is 1.41 bits per heavy atom. The lowest BCUT2D eigenvalue weighted by Gasteiger charge is -2.01. The van der Waals surface area contributed by atoms with Gasteiger partial charge in [0.2, 0.25) is 0 Å². The molecule has 1 aromatic heterocycles. The van der Waals surface area contributed by atoms with Crippen molar-refractivity contribution >= 4 is 17.7 Å². The Bertz CT molecular complexity index is 829. The second kappa shape index (κ2) is 5.80. The van der Waals surface area contributed by atoms with Crippen molar-refractivity contribution in [2.24, 2.45) is 5.73 Å². The SMILES string of the molecule is N#C/C(=C\c1ccc(-c2cc([N+](=O)[O-])ccc2O)o1)C(N)=O. The number of phenols is 1. The van der Waals surface area contributed by atoms with Crippen molar-refractivity contribution in [3.8, 4) is 23.1 Å². The molecule has 3 N–H and O–H groups in total. The van der Waals surface area contributed by atoms with E-state index in [2.05, 4.69) is 0 Å². The molecule has 110 valence electrons. The summed E-state index contributed by atoms with van der Waals surface area (Å²) < 4.78 is 5.35. The van der Waals surface area contributed by atoms with Gasteiger partial charge >= 0.3 is 0 Å². The average Bonchev–Trinajstić information content (AvgIpc) is 2.93. The lowest BCUT2D eigenvalue weighted by atomic mass is 10.1. The highest BCUT2D eigenvalue weighted by molar-refractivity contribution is 6.00. The smallest absolute Gasteiger partial charge is 0.270 e. The fourth-order valence-corrected chi connectivity index (χ4v) is 1.71. The van der Waals surface area contributed by atoms with Crippen LogP contribution in [0, 0.1) is 21.4 Å². The minimum absolute atomic E-state index is 0.117. The minimum Gasteiger partial charge on any atom is -0.507 e. The summed E-state index contributed by atoms with van der Waals surface area (Å²) in [7, 11) is 0. The summed E-state index contributed by atoms with van der Waals surface area (Å²) >= 11 is 0. The molecule has 0 fully saturated rings. The standard InChI is InChI=1S/C14H9N3O5/c15-7-8(14(16)19)5-10-2-4-13(22-10)11-6-9(17(20)21)1-3-12(11)18/h1-6,18H,(H2,16,19)/b8-5+. The first kappa shape index (κ1) is 14.8. The number of amides is 1. The summed E-state index contributed by atoms with van der Waals surface area (Å²) in [5.74, 6) is -0.810. The van der Waals surface area contributed by atoms with E-state index in [1.54, 1.807) is 6.07 Å². The van der Waals surface area contributed by atoms with E-state index in [0.717, 1.165) is 18.2 Å². The molecule has 0 unspecified atom stereocenters. The normalized spacial score (nSPS) is 11.0. The summed E-state index contributed by atoms with van der Waals surface area (Å²) in [5, 5.41) is 29.3. The summed E-state index contributed by atoms with van der Waals surface area (Å²) in [6, 6.07) is 7.99. The van der Waals surface area contributed by atoms with Gasteiger partial charge in [0.05, 0.1) is 10.5 Å². The van der Waals surface area contributed by atoms with Gasteiger partial charge < -0.3 is 15.3 Å². The van der Waals surface area contributed by atoms with Gasteiger partial charge in [0.1, 0.15) is 28.9 Å². The Morgan fingerprint density at radius 2 is 2.14 bits per heavy atom. The van der Waals surface area contributed by atoms with Gasteiger partial charge in [-0.25, -0.2) is 0 Å². The molecule has 1 amide bonds. The lowest BCUT2D eigenvalue weighted by Crippen LogP contribution is -2.12. The number of nitrogens with zero attached hydrogens (tertiary/aromatic N) is 2. The van der Waals surface area contributed by atoms with E-state index in [1.165, 1.54) is 18.2 Å². The number of furan rings is 1. The van der Waals surface area contributed by atoms with Crippen LogP contribution < -0.4 is 5.73 Å². The van der Waals surface area contributed by atoms with Gasteiger partial charge in [0.15, 0.2) is 0 Å². The van der Waals surface area contributed by atoms with Crippen LogP contribution in [0.1, 0.15) is 5.76 Å². The molecular weight excluding hydrogens is 290 g/mol. The van der Waals surface area contributed by atoms with Gasteiger partial charge in [-0.05, 0) is 18.2 Å². The number of carbonyl (C=O) groups is 1. The molecular formula is C14H9N3O5. The number of nitrogens with two attached hydrogens (primary N) is 1. The summed E-state index contributed by atoms with van der Waals surface area (Å²) in [6.45, 7) is 0. The molecule has 1 aromatic carbocycles. The highest BCUT2D eigenvalue weighted by Crippen LogP contribution is 2.33. The maximum atomic E-state index is 11.0. The average molecular weight is 299 g/mol. The van der Waals surface area contributed by atoms with E-state index >= 15 is 0 Å². The fraction of sp³-hybridized carbons (Fsp3) is 0. The predicted octanol–water partition coefficient (Wildman–Crippen LogP) is 1.95. The number of primary amides is 1. The molecule has 0 bridgehead atoms. The lowest BCUT2D eigenvalue weighted by molar-refractivity contribution is -0.384. The number of benzene rings is 1. The van der Waals surface area contributed by atoms with Crippen molar-refractivity contribution < 1.29 is 19.2 Å². The molecule has 0 radical (unpaired) electrons. The van der Waals surface area contributed by atoms with Crippen LogP contribution in [0.5, 0.6) is 5.75 Å². The molecule has 22 heavy (non-hydrogen) atoms. The first-order valence-electron chi connectivity index (χ1n) is 5.91. The Balaban J connectivity index is 2.45. The van der Waals surface area contributed by atoms with Crippen molar-refractivity contribution in [2.75, 3.05) is 0 Å². The van der Waals surface area contributed by atoms with Crippen LogP contribution in [0.25, 0.3) is 17.4 Å². The van der Waals surface area contributed by atoms with Gasteiger partial charge in [-0.3, -0.25) is 14.9 Å². The zero-order valence-electron chi connectivity index (χ0n) is 11.0. The fourth-order valence-electron chi connectivity index (χ4n) is 1.71. The van der Waals surface area contributed by atoms with Crippen LogP contribution in [0.4, 0.5) is 5.69 Å². The second-order valence-electron chi connectivity index (χ2n) is 4.19. The maximum Gasteiger partial charge on any atom is 0.270 e. The minimum atomic E-state index is -0.904. The number of nitro benzene ring substituents is 1. The van der Waals surface area contributed by atoms with E-state index < -0.39 is 10.8 Å². The first-order chi connectivity index (χ1) is 10.4. The van der Waals surface area contributed by atoms with E-state index in [-0.39, 0.29) is 34.1 Å². The summed E-state index contributed by atoms with van der Waals surface area (Å²) in [5.41, 5.74) is 4.61. The van der Waals surface area contributed by atoms with Crippen LogP contribution >= 0.6 is 0 Å². The van der Waals surface area contributed by atoms with Crippen molar-refractivity contribution in [2.45, 2.75) is 0 Å². The third-order valence-corrected chi connectivity index (χ3v) is 2.76. The van der Waals surface area contributed by atoms with E-state index in [4.69, 9.17) is 15.4 Å². The number of nitro groups is 1. The Kier molecular flexibility index (Phi) is 3.90. The molecule has 0 atom stereocenters. The van der Waals surface area contributed by atoms with Crippen molar-refractivity contribution in [3.63, 3.8) is 0 Å². The molecule has 0 saturated heterocycles. The van der Waals surface area contributed by atoms with Crippen LogP contribution in [0.15, 0.2) is 40.3 Å². The third kappa shape index (κ3) is 2.94. The molecule has 0 spiro atoms. The Labute approximate surface area is 123 Å². The molecule has 2 aromatic rings. The van der Waals surface area contributed by atoms with Crippen molar-refractivity contribution in [1.82, 2.24) is 0 Å². The number of nitriles is 1.